The number of hydrogen-bond acceptors (Lipinski definition) is 5. The molecule has 1 saturated heterocycles. The van der Waals surface area contributed by atoms with E-state index in [2.05, 4.69) is 20.4 Å². The standard InChI is InChI=1S/C25H33N5O3.C2HF3O2/c1-25(2,3)28-22(31)18-29-12-14-30(15-13-29)24(26-17-19-8-5-4-6-9-19)27-21-11-7-10-20(16-21)23(32)33;3-2(4,5)1(6)7/h4-11,16H,12-15,17-18H2,1-3H3,(H,26,27)(H,28,31)(H,32,33);(H,6,7). The van der Waals surface area contributed by atoms with Crippen molar-refractivity contribution in [3.8, 4) is 0 Å². The quantitative estimate of drug-likeness (QED) is 0.309. The number of nitrogens with one attached hydrogen (secondary N) is 2. The minimum absolute atomic E-state index is 0.0255. The number of carboxylic acid groups (broad SMARTS) is 2. The average Bonchev–Trinajstić information content (AvgIpc) is 2.86. The molecule has 0 spiro atoms. The summed E-state index contributed by atoms with van der Waals surface area (Å²) in [4.78, 5) is 41.6. The highest BCUT2D eigenvalue weighted by Gasteiger charge is 2.38. The second-order valence-corrected chi connectivity index (χ2v) is 10.0. The van der Waals surface area contributed by atoms with Crippen LogP contribution in [0.3, 0.4) is 0 Å². The molecular formula is C27H34F3N5O5. The van der Waals surface area contributed by atoms with Gasteiger partial charge in [-0.05, 0) is 44.5 Å². The van der Waals surface area contributed by atoms with Crippen molar-refractivity contribution < 1.29 is 37.8 Å². The first-order valence-corrected chi connectivity index (χ1v) is 12.4. The van der Waals surface area contributed by atoms with Gasteiger partial charge in [-0.2, -0.15) is 13.2 Å². The third-order valence-corrected chi connectivity index (χ3v) is 5.42. The maximum atomic E-state index is 12.3. The Hall–Kier alpha value is -4.13. The summed E-state index contributed by atoms with van der Waals surface area (Å²) >= 11 is 0. The number of amides is 1. The second kappa shape index (κ2) is 14.3. The molecule has 0 radical (unpaired) electrons. The molecule has 1 amide bonds. The first-order chi connectivity index (χ1) is 18.6. The van der Waals surface area contributed by atoms with Gasteiger partial charge in [0.2, 0.25) is 5.91 Å². The van der Waals surface area contributed by atoms with Crippen molar-refractivity contribution >= 4 is 29.5 Å². The number of piperazine rings is 1. The predicted molar refractivity (Wildman–Crippen MR) is 144 cm³/mol. The van der Waals surface area contributed by atoms with Gasteiger partial charge in [0.05, 0.1) is 18.7 Å². The summed E-state index contributed by atoms with van der Waals surface area (Å²) in [6, 6.07) is 16.7. The predicted octanol–water partition coefficient (Wildman–Crippen LogP) is 3.52. The minimum atomic E-state index is -5.08. The maximum Gasteiger partial charge on any atom is 0.490 e. The fraction of sp³-hybridized carbons (Fsp3) is 0.407. The van der Waals surface area contributed by atoms with Gasteiger partial charge in [-0.1, -0.05) is 36.4 Å². The Kier molecular flexibility index (Phi) is 11.5. The third kappa shape index (κ3) is 11.7. The Balaban J connectivity index is 0.000000708. The highest BCUT2D eigenvalue weighted by molar-refractivity contribution is 5.96. The Morgan fingerprint density at radius 1 is 0.925 bits per heavy atom. The summed E-state index contributed by atoms with van der Waals surface area (Å²) < 4.78 is 31.7. The number of benzene rings is 2. The molecule has 10 nitrogen and oxygen atoms in total. The molecule has 1 heterocycles. The van der Waals surface area contributed by atoms with E-state index in [-0.39, 0.29) is 17.0 Å². The zero-order chi connectivity index (χ0) is 29.9. The Labute approximate surface area is 230 Å². The maximum absolute atomic E-state index is 12.3. The summed E-state index contributed by atoms with van der Waals surface area (Å²) in [7, 11) is 0. The first-order valence-electron chi connectivity index (χ1n) is 12.4. The van der Waals surface area contributed by atoms with E-state index in [1.807, 2.05) is 57.2 Å². The molecule has 0 atom stereocenters. The monoisotopic (exact) mass is 565 g/mol. The van der Waals surface area contributed by atoms with Crippen molar-refractivity contribution in [3.05, 3.63) is 65.7 Å². The summed E-state index contributed by atoms with van der Waals surface area (Å²) in [5, 5.41) is 22.8. The molecule has 13 heteroatoms. The van der Waals surface area contributed by atoms with Crippen LogP contribution in [0, 0.1) is 0 Å². The lowest BCUT2D eigenvalue weighted by Crippen LogP contribution is -2.53. The Morgan fingerprint density at radius 2 is 1.52 bits per heavy atom. The number of carboxylic acids is 2. The molecule has 2 aromatic carbocycles. The van der Waals surface area contributed by atoms with Crippen molar-refractivity contribution in [2.75, 3.05) is 38.0 Å². The molecule has 1 aliphatic heterocycles. The molecule has 0 aromatic heterocycles. The molecule has 4 N–H and O–H groups in total. The average molecular weight is 566 g/mol. The largest absolute Gasteiger partial charge is 0.490 e. The molecule has 1 fully saturated rings. The van der Waals surface area contributed by atoms with E-state index in [1.54, 1.807) is 18.2 Å². The molecule has 3 rings (SSSR count). The van der Waals surface area contributed by atoms with Crippen LogP contribution in [0.25, 0.3) is 0 Å². The number of nitrogens with zero attached hydrogens (tertiary/aromatic N) is 3. The van der Waals surface area contributed by atoms with Gasteiger partial charge in [-0.3, -0.25) is 9.69 Å². The number of hydrogen-bond donors (Lipinski definition) is 4. The number of carbonyl (C=O) groups is 3. The lowest BCUT2D eigenvalue weighted by Gasteiger charge is -2.36. The highest BCUT2D eigenvalue weighted by atomic mass is 19.4. The van der Waals surface area contributed by atoms with Gasteiger partial charge in [0.25, 0.3) is 0 Å². The van der Waals surface area contributed by atoms with Gasteiger partial charge >= 0.3 is 18.1 Å². The molecule has 218 valence electrons. The fourth-order valence-electron chi connectivity index (χ4n) is 3.61. The number of anilines is 1. The summed E-state index contributed by atoms with van der Waals surface area (Å²) in [6.45, 7) is 9.70. The van der Waals surface area contributed by atoms with Crippen LogP contribution < -0.4 is 10.6 Å². The van der Waals surface area contributed by atoms with Crippen LogP contribution >= 0.6 is 0 Å². The molecular weight excluding hydrogens is 531 g/mol. The van der Waals surface area contributed by atoms with E-state index in [1.165, 1.54) is 0 Å². The lowest BCUT2D eigenvalue weighted by atomic mass is 10.1. The van der Waals surface area contributed by atoms with Crippen LogP contribution in [-0.4, -0.2) is 88.3 Å². The zero-order valence-electron chi connectivity index (χ0n) is 22.5. The van der Waals surface area contributed by atoms with Gasteiger partial charge in [-0.15, -0.1) is 0 Å². The van der Waals surface area contributed by atoms with Crippen LogP contribution in [0.4, 0.5) is 18.9 Å². The third-order valence-electron chi connectivity index (χ3n) is 5.42. The molecule has 0 saturated carbocycles. The first kappa shape index (κ1) is 32.1. The molecule has 0 aliphatic carbocycles. The van der Waals surface area contributed by atoms with Crippen LogP contribution in [0.5, 0.6) is 0 Å². The summed E-state index contributed by atoms with van der Waals surface area (Å²) in [6.07, 6.45) is -5.08. The van der Waals surface area contributed by atoms with Gasteiger partial charge in [0.1, 0.15) is 0 Å². The van der Waals surface area contributed by atoms with E-state index in [0.29, 0.717) is 37.8 Å². The number of rotatable bonds is 6. The topological polar surface area (TPSA) is 135 Å². The molecule has 40 heavy (non-hydrogen) atoms. The van der Waals surface area contributed by atoms with E-state index < -0.39 is 18.1 Å². The smallest absolute Gasteiger partial charge is 0.478 e. The number of aromatic carboxylic acids is 1. The van der Waals surface area contributed by atoms with Crippen molar-refractivity contribution in [2.45, 2.75) is 39.0 Å². The number of carbonyl (C=O) groups excluding carboxylic acids is 1. The normalized spacial score (nSPS) is 14.6. The van der Waals surface area contributed by atoms with Crippen molar-refractivity contribution in [3.63, 3.8) is 0 Å². The molecule has 2 aromatic rings. The SMILES string of the molecule is CC(C)(C)NC(=O)CN1CCN(C(=NCc2ccccc2)Nc2cccc(C(=O)O)c2)CC1.O=C(O)C(F)(F)F. The van der Waals surface area contributed by atoms with Crippen molar-refractivity contribution in [1.29, 1.82) is 0 Å². The number of halogens is 3. The van der Waals surface area contributed by atoms with Crippen LogP contribution in [0.15, 0.2) is 59.6 Å². The van der Waals surface area contributed by atoms with Gasteiger partial charge in [0, 0.05) is 37.4 Å². The fourth-order valence-corrected chi connectivity index (χ4v) is 3.61. The summed E-state index contributed by atoms with van der Waals surface area (Å²) in [5.41, 5.74) is 1.74. The van der Waals surface area contributed by atoms with Crippen LogP contribution in [0.1, 0.15) is 36.7 Å². The van der Waals surface area contributed by atoms with Crippen molar-refractivity contribution in [1.82, 2.24) is 15.1 Å². The van der Waals surface area contributed by atoms with E-state index in [4.69, 9.17) is 14.9 Å². The Bertz CT molecular complexity index is 1180. The number of aliphatic carboxylic acids is 1. The molecule has 0 unspecified atom stereocenters. The van der Waals surface area contributed by atoms with Gasteiger partial charge in [-0.25, -0.2) is 14.6 Å². The number of aliphatic imine (C=N–C) groups is 1. The van der Waals surface area contributed by atoms with Crippen molar-refractivity contribution in [2.24, 2.45) is 4.99 Å². The zero-order valence-corrected chi connectivity index (χ0v) is 22.5. The highest BCUT2D eigenvalue weighted by Crippen LogP contribution is 2.14. The second-order valence-electron chi connectivity index (χ2n) is 10.0. The molecule has 1 aliphatic rings. The van der Waals surface area contributed by atoms with Gasteiger partial charge < -0.3 is 25.7 Å². The Morgan fingerprint density at radius 3 is 2.05 bits per heavy atom. The number of alkyl halides is 3. The van der Waals surface area contributed by atoms with E-state index in [9.17, 15) is 27.9 Å². The lowest BCUT2D eigenvalue weighted by molar-refractivity contribution is -0.192. The van der Waals surface area contributed by atoms with Crippen LogP contribution in [0.2, 0.25) is 0 Å². The van der Waals surface area contributed by atoms with Gasteiger partial charge in [0.15, 0.2) is 5.96 Å². The van der Waals surface area contributed by atoms with E-state index in [0.717, 1.165) is 18.7 Å². The van der Waals surface area contributed by atoms with Crippen LogP contribution in [-0.2, 0) is 16.1 Å². The molecule has 0 bridgehead atoms. The summed E-state index contributed by atoms with van der Waals surface area (Å²) in [5.74, 6) is -3.01. The minimum Gasteiger partial charge on any atom is -0.478 e. The number of guanidine groups is 1. The van der Waals surface area contributed by atoms with E-state index >= 15 is 0 Å².